The molecular formula is C30H27F3N4O2. The van der Waals surface area contributed by atoms with E-state index in [2.05, 4.69) is 9.97 Å². The lowest BCUT2D eigenvalue weighted by Gasteiger charge is -2.20. The molecule has 1 aliphatic carbocycles. The minimum atomic E-state index is -0.913. The van der Waals surface area contributed by atoms with Gasteiger partial charge in [-0.3, -0.25) is 14.6 Å². The molecule has 200 valence electrons. The summed E-state index contributed by atoms with van der Waals surface area (Å²) < 4.78 is 44.2. The van der Waals surface area contributed by atoms with E-state index in [1.54, 1.807) is 18.3 Å². The van der Waals surface area contributed by atoms with Gasteiger partial charge in [0.1, 0.15) is 23.3 Å². The predicted octanol–water partition coefficient (Wildman–Crippen LogP) is 5.63. The summed E-state index contributed by atoms with van der Waals surface area (Å²) in [5.74, 6) is -2.50. The number of ketones is 1. The molecular weight excluding hydrogens is 505 g/mol. The van der Waals surface area contributed by atoms with Crippen LogP contribution in [0, 0.1) is 24.4 Å². The van der Waals surface area contributed by atoms with Crippen molar-refractivity contribution in [1.82, 2.24) is 14.5 Å². The average molecular weight is 533 g/mol. The molecule has 2 aromatic heterocycles. The van der Waals surface area contributed by atoms with Gasteiger partial charge in [0.15, 0.2) is 5.78 Å². The third kappa shape index (κ3) is 6.08. The zero-order chi connectivity index (χ0) is 27.7. The van der Waals surface area contributed by atoms with Gasteiger partial charge in [0.25, 0.3) is 5.91 Å². The number of amides is 1. The molecule has 0 unspecified atom stereocenters. The van der Waals surface area contributed by atoms with Crippen LogP contribution in [0.3, 0.4) is 0 Å². The number of hydrogen-bond acceptors (Lipinski definition) is 4. The van der Waals surface area contributed by atoms with Crippen molar-refractivity contribution < 1.29 is 22.8 Å². The second-order valence-electron chi connectivity index (χ2n) is 10.1. The molecule has 0 saturated heterocycles. The molecule has 5 rings (SSSR count). The maximum Gasteiger partial charge on any atom is 0.251 e. The van der Waals surface area contributed by atoms with Crippen LogP contribution in [-0.2, 0) is 17.8 Å². The average Bonchev–Trinajstić information content (AvgIpc) is 3.65. The fourth-order valence-electron chi connectivity index (χ4n) is 5.04. The van der Waals surface area contributed by atoms with Crippen molar-refractivity contribution in [1.29, 1.82) is 0 Å². The van der Waals surface area contributed by atoms with E-state index in [0.29, 0.717) is 28.3 Å². The third-order valence-corrected chi connectivity index (χ3v) is 6.86. The summed E-state index contributed by atoms with van der Waals surface area (Å²) in [7, 11) is 0. The van der Waals surface area contributed by atoms with Crippen molar-refractivity contribution in [2.75, 3.05) is 0 Å². The molecule has 0 radical (unpaired) electrons. The van der Waals surface area contributed by atoms with Crippen LogP contribution in [-0.4, -0.2) is 26.2 Å². The van der Waals surface area contributed by atoms with Crippen LogP contribution in [0.2, 0.25) is 0 Å². The van der Waals surface area contributed by atoms with Crippen molar-refractivity contribution in [2.45, 2.75) is 51.0 Å². The first-order valence-corrected chi connectivity index (χ1v) is 12.7. The molecule has 0 bridgehead atoms. The van der Waals surface area contributed by atoms with Crippen molar-refractivity contribution in [3.05, 3.63) is 107 Å². The van der Waals surface area contributed by atoms with Gasteiger partial charge in [0.05, 0.1) is 23.5 Å². The van der Waals surface area contributed by atoms with Gasteiger partial charge in [-0.05, 0) is 67.6 Å². The van der Waals surface area contributed by atoms with Crippen LogP contribution in [0.25, 0.3) is 11.1 Å². The quantitative estimate of drug-likeness (QED) is 0.287. The summed E-state index contributed by atoms with van der Waals surface area (Å²) in [5, 5.41) is 0. The first kappa shape index (κ1) is 26.3. The highest BCUT2D eigenvalue weighted by atomic mass is 19.1. The van der Waals surface area contributed by atoms with Crippen LogP contribution in [0.4, 0.5) is 13.2 Å². The minimum absolute atomic E-state index is 0.0351. The summed E-state index contributed by atoms with van der Waals surface area (Å²) in [6.07, 6.45) is 5.67. The highest BCUT2D eigenvalue weighted by molar-refractivity contribution is 5.94. The Hall–Kier alpha value is -4.27. The van der Waals surface area contributed by atoms with E-state index < -0.39 is 29.3 Å². The SMILES string of the molecule is Cc1cn(CC(=O)C[C@@H](Cc2cc(F)cc(F)c2)c2ncccc2-c2ccc(F)c(C(N)=O)c2)c(C2CC2)n1. The molecule has 1 amide bonds. The topological polar surface area (TPSA) is 90.9 Å². The van der Waals surface area contributed by atoms with E-state index in [1.807, 2.05) is 17.7 Å². The van der Waals surface area contributed by atoms with Gasteiger partial charge < -0.3 is 10.3 Å². The van der Waals surface area contributed by atoms with E-state index in [4.69, 9.17) is 5.73 Å². The number of pyridine rings is 1. The Bertz CT molecular complexity index is 1540. The van der Waals surface area contributed by atoms with Crippen LogP contribution >= 0.6 is 0 Å². The second kappa shape index (κ2) is 10.8. The number of carbonyl (C=O) groups excluding carboxylic acids is 2. The number of hydrogen-bond donors (Lipinski definition) is 1. The number of aromatic nitrogens is 3. The van der Waals surface area contributed by atoms with E-state index in [-0.39, 0.29) is 30.7 Å². The lowest BCUT2D eigenvalue weighted by atomic mass is 9.86. The highest BCUT2D eigenvalue weighted by Gasteiger charge is 2.30. The summed E-state index contributed by atoms with van der Waals surface area (Å²) in [4.78, 5) is 34.3. The normalized spacial score (nSPS) is 13.8. The second-order valence-corrected chi connectivity index (χ2v) is 10.1. The van der Waals surface area contributed by atoms with Gasteiger partial charge in [-0.15, -0.1) is 0 Å². The van der Waals surface area contributed by atoms with Crippen LogP contribution < -0.4 is 5.73 Å². The monoisotopic (exact) mass is 532 g/mol. The summed E-state index contributed by atoms with van der Waals surface area (Å²) in [6.45, 7) is 2.00. The number of aryl methyl sites for hydroxylation is 1. The van der Waals surface area contributed by atoms with E-state index in [0.717, 1.165) is 36.5 Å². The molecule has 0 aliphatic heterocycles. The Kier molecular flexibility index (Phi) is 7.32. The van der Waals surface area contributed by atoms with Crippen molar-refractivity contribution in [3.8, 4) is 11.1 Å². The minimum Gasteiger partial charge on any atom is -0.366 e. The molecule has 1 fully saturated rings. The van der Waals surface area contributed by atoms with Crippen LogP contribution in [0.15, 0.2) is 60.9 Å². The lowest BCUT2D eigenvalue weighted by molar-refractivity contribution is -0.120. The molecule has 9 heteroatoms. The smallest absolute Gasteiger partial charge is 0.251 e. The number of halogens is 3. The molecule has 2 aromatic carbocycles. The van der Waals surface area contributed by atoms with Crippen molar-refractivity contribution >= 4 is 11.7 Å². The molecule has 1 aliphatic rings. The first-order chi connectivity index (χ1) is 18.7. The van der Waals surface area contributed by atoms with Gasteiger partial charge >= 0.3 is 0 Å². The number of Topliss-reactive ketones (excluding diaryl/α,β-unsaturated/α-hetero) is 1. The number of nitrogens with zero attached hydrogens (tertiary/aromatic N) is 3. The van der Waals surface area contributed by atoms with Gasteiger partial charge in [0, 0.05) is 42.3 Å². The predicted molar refractivity (Wildman–Crippen MR) is 140 cm³/mol. The number of nitrogens with two attached hydrogens (primary N) is 1. The molecule has 0 spiro atoms. The van der Waals surface area contributed by atoms with Crippen LogP contribution in [0.1, 0.15) is 64.2 Å². The van der Waals surface area contributed by atoms with Gasteiger partial charge in [-0.1, -0.05) is 12.1 Å². The Morgan fingerprint density at radius 1 is 1.08 bits per heavy atom. The fraction of sp³-hybridized carbons (Fsp3) is 0.267. The fourth-order valence-corrected chi connectivity index (χ4v) is 5.04. The van der Waals surface area contributed by atoms with Gasteiger partial charge in [-0.25, -0.2) is 18.2 Å². The maximum absolute atomic E-state index is 14.2. The van der Waals surface area contributed by atoms with Crippen LogP contribution in [0.5, 0.6) is 0 Å². The largest absolute Gasteiger partial charge is 0.366 e. The summed E-state index contributed by atoms with van der Waals surface area (Å²) >= 11 is 0. The number of imidazole rings is 1. The standard InChI is InChI=1S/C30H27F3N4O2/c1-17-15-37(30(36-17)19-4-5-19)16-24(38)12-21(9-18-10-22(31)14-23(32)11-18)28-25(3-2-8-35-28)20-6-7-27(33)26(13-20)29(34)39/h2-3,6-8,10-11,13-15,19,21H,4-5,9,12,16H2,1H3,(H2,34,39)/t21-/m1/s1. The maximum atomic E-state index is 14.2. The first-order valence-electron chi connectivity index (χ1n) is 12.7. The molecule has 2 heterocycles. The Morgan fingerprint density at radius 2 is 1.82 bits per heavy atom. The van der Waals surface area contributed by atoms with Crippen molar-refractivity contribution in [2.24, 2.45) is 5.73 Å². The molecule has 1 saturated carbocycles. The zero-order valence-electron chi connectivity index (χ0n) is 21.3. The number of carbonyl (C=O) groups is 2. The molecule has 4 aromatic rings. The molecule has 2 N–H and O–H groups in total. The van der Waals surface area contributed by atoms with Gasteiger partial charge in [-0.2, -0.15) is 0 Å². The number of primary amides is 1. The van der Waals surface area contributed by atoms with Gasteiger partial charge in [0.2, 0.25) is 0 Å². The Balaban J connectivity index is 1.51. The molecule has 39 heavy (non-hydrogen) atoms. The Labute approximate surface area is 223 Å². The van der Waals surface area contributed by atoms with E-state index in [9.17, 15) is 22.8 Å². The summed E-state index contributed by atoms with van der Waals surface area (Å²) in [5.41, 5.74) is 7.82. The van der Waals surface area contributed by atoms with E-state index in [1.165, 1.54) is 24.3 Å². The molecule has 1 atom stereocenters. The highest BCUT2D eigenvalue weighted by Crippen LogP contribution is 2.39. The number of benzene rings is 2. The summed E-state index contributed by atoms with van der Waals surface area (Å²) in [6, 6.07) is 10.7. The third-order valence-electron chi connectivity index (χ3n) is 6.86. The van der Waals surface area contributed by atoms with Crippen molar-refractivity contribution in [3.63, 3.8) is 0 Å². The zero-order valence-corrected chi connectivity index (χ0v) is 21.3. The lowest BCUT2D eigenvalue weighted by Crippen LogP contribution is -2.18. The Morgan fingerprint density at radius 3 is 2.51 bits per heavy atom. The van der Waals surface area contributed by atoms with E-state index >= 15 is 0 Å². The number of rotatable bonds is 10. The molecule has 6 nitrogen and oxygen atoms in total.